The van der Waals surface area contributed by atoms with E-state index in [1.807, 2.05) is 18.2 Å². The molecule has 1 fully saturated rings. The Morgan fingerprint density at radius 3 is 2.75 bits per heavy atom. The molecule has 5 rings (SSSR count). The van der Waals surface area contributed by atoms with Gasteiger partial charge in [-0.1, -0.05) is 48.5 Å². The first-order chi connectivity index (χ1) is 13.2. The van der Waals surface area contributed by atoms with E-state index in [1.54, 1.807) is 6.07 Å². The van der Waals surface area contributed by atoms with Crippen LogP contribution in [0.5, 0.6) is 0 Å². The van der Waals surface area contributed by atoms with Gasteiger partial charge in [0.1, 0.15) is 5.82 Å². The highest BCUT2D eigenvalue weighted by atomic mass is 35.5. The zero-order valence-electron chi connectivity index (χ0n) is 15.4. The van der Waals surface area contributed by atoms with Gasteiger partial charge >= 0.3 is 0 Å². The third-order valence-corrected chi connectivity index (χ3v) is 5.79. The summed E-state index contributed by atoms with van der Waals surface area (Å²) < 4.78 is 14.8. The molecule has 0 bridgehead atoms. The SMILES string of the molecule is Cl.O=C(Nc1ccc2c(c1F)CCNC2)C1CC1c1ccc2ccccc2c1. The monoisotopic (exact) mass is 396 g/mol. The fourth-order valence-corrected chi connectivity index (χ4v) is 4.15. The minimum atomic E-state index is -0.273. The average molecular weight is 397 g/mol. The third kappa shape index (κ3) is 3.38. The summed E-state index contributed by atoms with van der Waals surface area (Å²) in [7, 11) is 0. The minimum Gasteiger partial charge on any atom is -0.323 e. The molecule has 2 atom stereocenters. The number of nitrogens with one attached hydrogen (secondary N) is 2. The van der Waals surface area contributed by atoms with E-state index in [0.29, 0.717) is 18.7 Å². The first kappa shape index (κ1) is 18.9. The van der Waals surface area contributed by atoms with Gasteiger partial charge in [-0.3, -0.25) is 4.79 Å². The lowest BCUT2D eigenvalue weighted by Gasteiger charge is -2.19. The van der Waals surface area contributed by atoms with E-state index >= 15 is 0 Å². The second kappa shape index (κ2) is 7.53. The summed E-state index contributed by atoms with van der Waals surface area (Å²) in [5.41, 5.74) is 3.21. The lowest BCUT2D eigenvalue weighted by atomic mass is 9.99. The first-order valence-electron chi connectivity index (χ1n) is 9.51. The van der Waals surface area contributed by atoms with Crippen LogP contribution in [0, 0.1) is 11.7 Å². The van der Waals surface area contributed by atoms with Gasteiger partial charge in [0.25, 0.3) is 0 Å². The molecule has 1 amide bonds. The lowest BCUT2D eigenvalue weighted by Crippen LogP contribution is -2.25. The molecule has 1 heterocycles. The maximum atomic E-state index is 14.8. The molecule has 1 aliphatic carbocycles. The maximum absolute atomic E-state index is 14.8. The summed E-state index contributed by atoms with van der Waals surface area (Å²) in [6.45, 7) is 1.46. The van der Waals surface area contributed by atoms with Crippen LogP contribution in [-0.4, -0.2) is 12.5 Å². The highest BCUT2D eigenvalue weighted by Crippen LogP contribution is 2.48. The van der Waals surface area contributed by atoms with Crippen LogP contribution in [0.2, 0.25) is 0 Å². The Hall–Kier alpha value is -2.43. The van der Waals surface area contributed by atoms with Gasteiger partial charge in [-0.2, -0.15) is 0 Å². The molecular weight excluding hydrogens is 375 g/mol. The second-order valence-electron chi connectivity index (χ2n) is 7.54. The van der Waals surface area contributed by atoms with Crippen LogP contribution < -0.4 is 10.6 Å². The minimum absolute atomic E-state index is 0. The van der Waals surface area contributed by atoms with Crippen LogP contribution in [0.1, 0.15) is 29.0 Å². The van der Waals surface area contributed by atoms with Crippen molar-refractivity contribution in [1.29, 1.82) is 0 Å². The molecular formula is C23H22ClFN2O. The van der Waals surface area contributed by atoms with Gasteiger partial charge in [0, 0.05) is 12.5 Å². The number of rotatable bonds is 3. The number of anilines is 1. The van der Waals surface area contributed by atoms with Crippen molar-refractivity contribution < 1.29 is 9.18 Å². The highest BCUT2D eigenvalue weighted by molar-refractivity contribution is 5.95. The summed E-state index contributed by atoms with van der Waals surface area (Å²) in [5.74, 6) is -0.214. The van der Waals surface area contributed by atoms with Gasteiger partial charge in [0.05, 0.1) is 5.69 Å². The van der Waals surface area contributed by atoms with E-state index in [2.05, 4.69) is 41.0 Å². The van der Waals surface area contributed by atoms with Crippen molar-refractivity contribution in [3.63, 3.8) is 0 Å². The van der Waals surface area contributed by atoms with Crippen LogP contribution >= 0.6 is 12.4 Å². The fourth-order valence-electron chi connectivity index (χ4n) is 4.15. The number of halogens is 2. The Bertz CT molecular complexity index is 1050. The van der Waals surface area contributed by atoms with E-state index in [1.165, 1.54) is 16.3 Å². The molecule has 3 nitrogen and oxygen atoms in total. The molecule has 3 aromatic carbocycles. The van der Waals surface area contributed by atoms with Crippen LogP contribution in [0.15, 0.2) is 54.6 Å². The smallest absolute Gasteiger partial charge is 0.228 e. The maximum Gasteiger partial charge on any atom is 0.228 e. The third-order valence-electron chi connectivity index (χ3n) is 5.79. The van der Waals surface area contributed by atoms with Gasteiger partial charge in [-0.15, -0.1) is 12.4 Å². The van der Waals surface area contributed by atoms with E-state index in [0.717, 1.165) is 24.1 Å². The molecule has 0 aromatic heterocycles. The van der Waals surface area contributed by atoms with E-state index in [-0.39, 0.29) is 36.0 Å². The van der Waals surface area contributed by atoms with Crippen molar-refractivity contribution in [3.05, 3.63) is 77.1 Å². The van der Waals surface area contributed by atoms with Gasteiger partial charge in [0.15, 0.2) is 0 Å². The summed E-state index contributed by atoms with van der Waals surface area (Å²) in [5, 5.41) is 8.46. The Balaban J connectivity index is 0.00000192. The van der Waals surface area contributed by atoms with Crippen molar-refractivity contribution >= 4 is 34.8 Å². The van der Waals surface area contributed by atoms with Crippen molar-refractivity contribution in [3.8, 4) is 0 Å². The second-order valence-corrected chi connectivity index (χ2v) is 7.54. The molecule has 2 aliphatic rings. The number of benzene rings is 3. The standard InChI is InChI=1S/C23H21FN2O.ClH/c24-22-18-9-10-25-13-17(18)7-8-21(22)26-23(27)20-12-19(20)16-6-5-14-3-1-2-4-15(14)11-16;/h1-8,11,19-20,25H,9-10,12-13H2,(H,26,27);1H. The van der Waals surface area contributed by atoms with E-state index in [9.17, 15) is 9.18 Å². The Kier molecular flexibility index (Phi) is 5.09. The van der Waals surface area contributed by atoms with Gasteiger partial charge in [0.2, 0.25) is 5.91 Å². The Morgan fingerprint density at radius 1 is 1.07 bits per heavy atom. The zero-order chi connectivity index (χ0) is 18.4. The van der Waals surface area contributed by atoms with Crippen molar-refractivity contribution in [2.24, 2.45) is 5.92 Å². The normalized spacial score (nSPS) is 20.2. The number of fused-ring (bicyclic) bond motifs is 2. The first-order valence-corrected chi connectivity index (χ1v) is 9.51. The van der Waals surface area contributed by atoms with Gasteiger partial charge in [-0.25, -0.2) is 4.39 Å². The summed E-state index contributed by atoms with van der Waals surface area (Å²) in [6, 6.07) is 18.2. The topological polar surface area (TPSA) is 41.1 Å². The average Bonchev–Trinajstić information content (AvgIpc) is 3.51. The molecule has 3 aromatic rings. The summed E-state index contributed by atoms with van der Waals surface area (Å²) >= 11 is 0. The Labute approximate surface area is 169 Å². The Morgan fingerprint density at radius 2 is 1.89 bits per heavy atom. The largest absolute Gasteiger partial charge is 0.323 e. The molecule has 1 aliphatic heterocycles. The van der Waals surface area contributed by atoms with Gasteiger partial charge < -0.3 is 10.6 Å². The molecule has 144 valence electrons. The predicted octanol–water partition coefficient (Wildman–Crippen LogP) is 4.79. The van der Waals surface area contributed by atoms with Gasteiger partial charge in [-0.05, 0) is 58.8 Å². The lowest BCUT2D eigenvalue weighted by molar-refractivity contribution is -0.117. The zero-order valence-corrected chi connectivity index (χ0v) is 16.2. The predicted molar refractivity (Wildman–Crippen MR) is 112 cm³/mol. The summed E-state index contributed by atoms with van der Waals surface area (Å²) in [6.07, 6.45) is 1.48. The molecule has 0 radical (unpaired) electrons. The van der Waals surface area contributed by atoms with E-state index < -0.39 is 0 Å². The van der Waals surface area contributed by atoms with E-state index in [4.69, 9.17) is 0 Å². The number of hydrogen-bond donors (Lipinski definition) is 2. The molecule has 0 spiro atoms. The summed E-state index contributed by atoms with van der Waals surface area (Å²) in [4.78, 5) is 12.7. The number of carbonyl (C=O) groups is 1. The molecule has 1 saturated carbocycles. The number of amides is 1. The highest BCUT2D eigenvalue weighted by Gasteiger charge is 2.44. The van der Waals surface area contributed by atoms with Crippen LogP contribution in [0.3, 0.4) is 0 Å². The van der Waals surface area contributed by atoms with Crippen LogP contribution in [-0.2, 0) is 17.8 Å². The molecule has 0 saturated heterocycles. The van der Waals surface area contributed by atoms with Crippen molar-refractivity contribution in [1.82, 2.24) is 5.32 Å². The number of carbonyl (C=O) groups excluding carboxylic acids is 1. The fraction of sp³-hybridized carbons (Fsp3) is 0.261. The molecule has 28 heavy (non-hydrogen) atoms. The van der Waals surface area contributed by atoms with Crippen LogP contribution in [0.4, 0.5) is 10.1 Å². The van der Waals surface area contributed by atoms with Crippen molar-refractivity contribution in [2.45, 2.75) is 25.3 Å². The molecule has 5 heteroatoms. The quantitative estimate of drug-likeness (QED) is 0.668. The van der Waals surface area contributed by atoms with Crippen molar-refractivity contribution in [2.75, 3.05) is 11.9 Å². The van der Waals surface area contributed by atoms with Crippen LogP contribution in [0.25, 0.3) is 10.8 Å². The molecule has 2 unspecified atom stereocenters. The number of hydrogen-bond acceptors (Lipinski definition) is 2. The molecule has 2 N–H and O–H groups in total.